The molecule has 1 amide bonds. The number of likely N-dealkylation sites (N-methyl/N-ethyl adjacent to an activating group) is 1. The lowest BCUT2D eigenvalue weighted by Crippen LogP contribution is -2.27. The Bertz CT molecular complexity index is 458. The van der Waals surface area contributed by atoms with E-state index in [4.69, 9.17) is 5.73 Å². The highest BCUT2D eigenvalue weighted by Gasteiger charge is 2.26. The summed E-state index contributed by atoms with van der Waals surface area (Å²) in [4.78, 5) is 11.8. The quantitative estimate of drug-likeness (QED) is 0.739. The van der Waals surface area contributed by atoms with Crippen molar-refractivity contribution in [1.82, 2.24) is 4.31 Å². The Morgan fingerprint density at radius 2 is 2.13 bits per heavy atom. The van der Waals surface area contributed by atoms with Gasteiger partial charge in [0.2, 0.25) is 0 Å². The van der Waals surface area contributed by atoms with Crippen molar-refractivity contribution in [3.05, 3.63) is 35.5 Å². The molecule has 0 saturated carbocycles. The molecule has 5 heteroatoms. The zero-order chi connectivity index (χ0) is 11.0. The standard InChI is InChI=1S/C10H9FN2OS/c1-13-9(10(12)14)8(11)6-4-2-3-5-7(6)15-13/h2-5H,1H3,(H2,12,14). The summed E-state index contributed by atoms with van der Waals surface area (Å²) >= 11 is 1.29. The number of carbonyl (C=O) groups is 1. The van der Waals surface area contributed by atoms with Gasteiger partial charge in [-0.25, -0.2) is 4.39 Å². The zero-order valence-electron chi connectivity index (χ0n) is 8.03. The van der Waals surface area contributed by atoms with E-state index < -0.39 is 11.7 Å². The van der Waals surface area contributed by atoms with E-state index in [0.717, 1.165) is 4.90 Å². The largest absolute Gasteiger partial charge is 0.364 e. The molecule has 2 N–H and O–H groups in total. The van der Waals surface area contributed by atoms with Crippen LogP contribution in [0, 0.1) is 0 Å². The maximum absolute atomic E-state index is 13.9. The molecule has 0 unspecified atom stereocenters. The third-order valence-corrected chi connectivity index (χ3v) is 3.12. The molecule has 0 spiro atoms. The number of nitrogens with two attached hydrogens (primary N) is 1. The molecule has 15 heavy (non-hydrogen) atoms. The number of hydrogen-bond donors (Lipinski definition) is 1. The molecule has 0 aromatic heterocycles. The van der Waals surface area contributed by atoms with Crippen molar-refractivity contribution in [2.75, 3.05) is 7.05 Å². The van der Waals surface area contributed by atoms with Crippen LogP contribution in [0.5, 0.6) is 0 Å². The fraction of sp³-hybridized carbons (Fsp3) is 0.100. The molecule has 1 aliphatic rings. The maximum atomic E-state index is 13.9. The first-order valence-electron chi connectivity index (χ1n) is 4.32. The van der Waals surface area contributed by atoms with Crippen LogP contribution in [0.15, 0.2) is 34.9 Å². The molecule has 2 rings (SSSR count). The molecule has 3 nitrogen and oxygen atoms in total. The third kappa shape index (κ3) is 1.59. The van der Waals surface area contributed by atoms with Gasteiger partial charge >= 0.3 is 0 Å². The van der Waals surface area contributed by atoms with Crippen LogP contribution in [0.2, 0.25) is 0 Å². The summed E-state index contributed by atoms with van der Waals surface area (Å²) in [6, 6.07) is 6.98. The lowest BCUT2D eigenvalue weighted by Gasteiger charge is -2.25. The second-order valence-electron chi connectivity index (χ2n) is 3.11. The minimum atomic E-state index is -0.753. The number of rotatable bonds is 1. The summed E-state index contributed by atoms with van der Waals surface area (Å²) in [6.45, 7) is 0. The van der Waals surface area contributed by atoms with Gasteiger partial charge in [-0.15, -0.1) is 0 Å². The molecule has 1 aliphatic heterocycles. The molecule has 0 radical (unpaired) electrons. The summed E-state index contributed by atoms with van der Waals surface area (Å²) in [6.07, 6.45) is 0. The lowest BCUT2D eigenvalue weighted by molar-refractivity contribution is -0.115. The van der Waals surface area contributed by atoms with E-state index in [2.05, 4.69) is 0 Å². The maximum Gasteiger partial charge on any atom is 0.268 e. The fourth-order valence-corrected chi connectivity index (χ4v) is 2.40. The Morgan fingerprint density at radius 1 is 1.47 bits per heavy atom. The van der Waals surface area contributed by atoms with Crippen molar-refractivity contribution in [3.63, 3.8) is 0 Å². The molecule has 0 atom stereocenters. The predicted molar refractivity (Wildman–Crippen MR) is 57.3 cm³/mol. The average molecular weight is 224 g/mol. The summed E-state index contributed by atoms with van der Waals surface area (Å²) in [5, 5.41) is 0. The molecule has 0 bridgehead atoms. The molecule has 1 aromatic carbocycles. The highest BCUT2D eigenvalue weighted by Crippen LogP contribution is 2.39. The Kier molecular flexibility index (Phi) is 2.40. The Balaban J connectivity index is 2.62. The van der Waals surface area contributed by atoms with E-state index in [1.54, 1.807) is 25.2 Å². The smallest absolute Gasteiger partial charge is 0.268 e. The zero-order valence-corrected chi connectivity index (χ0v) is 8.84. The highest BCUT2D eigenvalue weighted by molar-refractivity contribution is 7.97. The van der Waals surface area contributed by atoms with Gasteiger partial charge in [-0.1, -0.05) is 18.2 Å². The van der Waals surface area contributed by atoms with Crippen LogP contribution < -0.4 is 5.73 Å². The Morgan fingerprint density at radius 3 is 2.80 bits per heavy atom. The van der Waals surface area contributed by atoms with Gasteiger partial charge in [-0.3, -0.25) is 4.79 Å². The van der Waals surface area contributed by atoms with Crippen LogP contribution in [-0.4, -0.2) is 17.3 Å². The van der Waals surface area contributed by atoms with Crippen molar-refractivity contribution in [1.29, 1.82) is 0 Å². The normalized spacial score (nSPS) is 15.2. The van der Waals surface area contributed by atoms with Crippen LogP contribution in [0.3, 0.4) is 0 Å². The number of nitrogens with zero attached hydrogens (tertiary/aromatic N) is 1. The van der Waals surface area contributed by atoms with Gasteiger partial charge in [0.1, 0.15) is 5.70 Å². The van der Waals surface area contributed by atoms with Crippen LogP contribution in [0.25, 0.3) is 5.83 Å². The summed E-state index contributed by atoms with van der Waals surface area (Å²) in [5.74, 6) is -1.31. The van der Waals surface area contributed by atoms with Crippen LogP contribution in [-0.2, 0) is 4.79 Å². The summed E-state index contributed by atoms with van der Waals surface area (Å²) < 4.78 is 15.3. The van der Waals surface area contributed by atoms with E-state index in [-0.39, 0.29) is 5.70 Å². The van der Waals surface area contributed by atoms with Crippen LogP contribution in [0.4, 0.5) is 4.39 Å². The van der Waals surface area contributed by atoms with Crippen molar-refractivity contribution < 1.29 is 9.18 Å². The molecule has 78 valence electrons. The van der Waals surface area contributed by atoms with Crippen molar-refractivity contribution >= 4 is 23.7 Å². The summed E-state index contributed by atoms with van der Waals surface area (Å²) in [5.41, 5.74) is 5.45. The van der Waals surface area contributed by atoms with Gasteiger partial charge in [0.15, 0.2) is 5.83 Å². The molecule has 1 aromatic rings. The first-order chi connectivity index (χ1) is 7.11. The van der Waals surface area contributed by atoms with E-state index >= 15 is 0 Å². The van der Waals surface area contributed by atoms with E-state index in [9.17, 15) is 9.18 Å². The molecular formula is C10H9FN2OS. The Hall–Kier alpha value is -1.49. The van der Waals surface area contributed by atoms with Crippen LogP contribution in [0.1, 0.15) is 5.56 Å². The van der Waals surface area contributed by atoms with Gasteiger partial charge in [-0.2, -0.15) is 0 Å². The summed E-state index contributed by atoms with van der Waals surface area (Å²) in [7, 11) is 1.61. The monoisotopic (exact) mass is 224 g/mol. The molecular weight excluding hydrogens is 215 g/mol. The molecule has 0 aliphatic carbocycles. The lowest BCUT2D eigenvalue weighted by atomic mass is 10.1. The number of fused-ring (bicyclic) bond motifs is 1. The van der Waals surface area contributed by atoms with Gasteiger partial charge in [0.05, 0.1) is 0 Å². The first kappa shape index (κ1) is 10.0. The van der Waals surface area contributed by atoms with Gasteiger partial charge in [0.25, 0.3) is 5.91 Å². The minimum absolute atomic E-state index is 0.0845. The van der Waals surface area contributed by atoms with Crippen molar-refractivity contribution in [3.8, 4) is 0 Å². The number of hydrogen-bond acceptors (Lipinski definition) is 3. The number of amides is 1. The van der Waals surface area contributed by atoms with E-state index in [1.165, 1.54) is 16.3 Å². The highest BCUT2D eigenvalue weighted by atomic mass is 32.2. The topological polar surface area (TPSA) is 46.3 Å². The third-order valence-electron chi connectivity index (χ3n) is 2.12. The number of primary amides is 1. The first-order valence-corrected chi connectivity index (χ1v) is 5.09. The van der Waals surface area contributed by atoms with Crippen LogP contribution >= 0.6 is 11.9 Å². The van der Waals surface area contributed by atoms with Gasteiger partial charge in [0, 0.05) is 17.5 Å². The predicted octanol–water partition coefficient (Wildman–Crippen LogP) is 1.76. The van der Waals surface area contributed by atoms with E-state index in [1.807, 2.05) is 6.07 Å². The van der Waals surface area contributed by atoms with Gasteiger partial charge < -0.3 is 10.0 Å². The minimum Gasteiger partial charge on any atom is -0.364 e. The molecule has 0 fully saturated rings. The number of carbonyl (C=O) groups excluding carboxylic acids is 1. The number of halogens is 1. The molecule has 1 heterocycles. The Labute approximate surface area is 90.9 Å². The second kappa shape index (κ2) is 3.58. The van der Waals surface area contributed by atoms with Crippen molar-refractivity contribution in [2.45, 2.75) is 4.90 Å². The fourth-order valence-electron chi connectivity index (χ4n) is 1.45. The number of benzene rings is 1. The van der Waals surface area contributed by atoms with Crippen molar-refractivity contribution in [2.24, 2.45) is 5.73 Å². The van der Waals surface area contributed by atoms with Gasteiger partial charge in [-0.05, 0) is 18.0 Å². The second-order valence-corrected chi connectivity index (χ2v) is 4.28. The SMILES string of the molecule is CN1Sc2ccccc2C(F)=C1C(N)=O. The molecule has 0 saturated heterocycles. The average Bonchev–Trinajstić information content (AvgIpc) is 2.17. The van der Waals surface area contributed by atoms with E-state index in [0.29, 0.717) is 5.56 Å².